The predicted molar refractivity (Wildman–Crippen MR) is 319 cm³/mol. The van der Waals surface area contributed by atoms with Crippen LogP contribution in [0.4, 0.5) is 56.1 Å². The molecule has 0 aliphatic carbocycles. The number of nitrogens with one attached hydrogen (secondary N) is 2. The Morgan fingerprint density at radius 2 is 0.738 bits per heavy atom. The highest BCUT2D eigenvalue weighted by molar-refractivity contribution is 6.13. The van der Waals surface area contributed by atoms with Crippen LogP contribution >= 0.6 is 0 Å². The van der Waals surface area contributed by atoms with Gasteiger partial charge in [-0.3, -0.25) is 4.90 Å². The van der Waals surface area contributed by atoms with Crippen molar-refractivity contribution in [3.8, 4) is 22.8 Å². The van der Waals surface area contributed by atoms with E-state index in [0.717, 1.165) is 93.3 Å². The highest BCUT2D eigenvalue weighted by Gasteiger charge is 2.45. The molecule has 9 aliphatic rings. The van der Waals surface area contributed by atoms with Gasteiger partial charge in [-0.05, 0) is 161 Å². The number of nitrogens with zero attached hydrogens (tertiary/aromatic N) is 13. The molecule has 8 bridgehead atoms. The van der Waals surface area contributed by atoms with Gasteiger partial charge in [0, 0.05) is 35.6 Å². The smallest absolute Gasteiger partial charge is 0.345 e. The van der Waals surface area contributed by atoms with Crippen LogP contribution < -0.4 is 46.0 Å². The van der Waals surface area contributed by atoms with Crippen LogP contribution in [0.25, 0.3) is 22.8 Å². The van der Waals surface area contributed by atoms with E-state index in [1.807, 2.05) is 84.9 Å². The predicted octanol–water partition coefficient (Wildman–Crippen LogP) is 7.61. The Morgan fingerprint density at radius 1 is 0.429 bits per heavy atom. The van der Waals surface area contributed by atoms with Crippen molar-refractivity contribution in [1.82, 2.24) is 34.8 Å². The maximum Gasteiger partial charge on any atom is 0.345 e. The summed E-state index contributed by atoms with van der Waals surface area (Å²) in [5.41, 5.74) is 11.6. The molecule has 9 aliphatic heterocycles. The van der Waals surface area contributed by atoms with Gasteiger partial charge in [-0.15, -0.1) is 0 Å². The van der Waals surface area contributed by atoms with Crippen LogP contribution in [0.5, 0.6) is 0 Å². The van der Waals surface area contributed by atoms with E-state index in [4.69, 9.17) is 54.6 Å². The Labute approximate surface area is 488 Å². The molecule has 9 saturated heterocycles. The molecule has 8 atom stereocenters. The Morgan fingerprint density at radius 3 is 1.08 bits per heavy atom. The number of carbonyl (C=O) groups is 2. The number of nitrogens with two attached hydrogens (primary N) is 1. The lowest BCUT2D eigenvalue weighted by Gasteiger charge is -2.37. The fourth-order valence-corrected chi connectivity index (χ4v) is 14.4. The average Bonchev–Trinajstić information content (AvgIpc) is 2.74. The summed E-state index contributed by atoms with van der Waals surface area (Å²) in [6.07, 6.45) is 10.6. The number of anilines is 8. The van der Waals surface area contributed by atoms with Crippen molar-refractivity contribution in [3.63, 3.8) is 0 Å². The number of urea groups is 2. The van der Waals surface area contributed by atoms with E-state index < -0.39 is 12.1 Å². The van der Waals surface area contributed by atoms with Crippen molar-refractivity contribution in [1.29, 1.82) is 0 Å². The summed E-state index contributed by atoms with van der Waals surface area (Å²) in [6, 6.07) is 30.6. The van der Waals surface area contributed by atoms with E-state index in [9.17, 15) is 0 Å². The second kappa shape index (κ2) is 22.8. The minimum Gasteiger partial charge on any atom is -0.377 e. The molecule has 0 saturated carbocycles. The molecule has 84 heavy (non-hydrogen) atoms. The highest BCUT2D eigenvalue weighted by atomic mass is 16.5. The van der Waals surface area contributed by atoms with Crippen LogP contribution in [0.1, 0.15) is 75.3 Å². The first-order valence-electron chi connectivity index (χ1n) is 30.3. The van der Waals surface area contributed by atoms with Gasteiger partial charge in [-0.1, -0.05) is 24.3 Å². The van der Waals surface area contributed by atoms with Gasteiger partial charge in [0.05, 0.1) is 113 Å². The minimum absolute atomic E-state index is 0.182. The van der Waals surface area contributed by atoms with Crippen LogP contribution in [0.3, 0.4) is 0 Å². The van der Waals surface area contributed by atoms with E-state index in [-0.39, 0.29) is 48.3 Å². The first kappa shape index (κ1) is 53.1. The number of fused-ring (bicyclic) bond motifs is 8. The number of hydrogen-bond acceptors (Lipinski definition) is 18. The highest BCUT2D eigenvalue weighted by Crippen LogP contribution is 2.40. The zero-order valence-corrected chi connectivity index (χ0v) is 47.3. The standard InChI is InChI=1S/C62H72N16O6/c63-29-39-5-15-45(16-6-39)77(62(80)65-44-13-7-41(8-14-44)55-66-57(73-47-19-20-48(73)32-81-31-47)70-58(67-55)74-49-21-22-50(74)34-82-33-49)78(61(79)64-43-11-3-40(4-12-43)30-72-27-1-2-28-72)46-17-9-42(10-18-46)56-68-59(75-51-23-24-52(75)36-83-35-51)71-60(69-56)76-53-25-26-54(76)38-84-37-53/h3-18,47-54H,1-2,19-38,63H2,(H,64,79)(H,65,80). The number of carbonyl (C=O) groups excluding carboxylic acids is 2. The number of morpholine rings is 4. The molecule has 9 fully saturated rings. The monoisotopic (exact) mass is 1140 g/mol. The second-order valence-corrected chi connectivity index (χ2v) is 24.0. The van der Waals surface area contributed by atoms with E-state index in [0.29, 0.717) is 118 Å². The van der Waals surface area contributed by atoms with Crippen molar-refractivity contribution >= 4 is 58.6 Å². The summed E-state index contributed by atoms with van der Waals surface area (Å²) < 4.78 is 23.9. The van der Waals surface area contributed by atoms with Crippen molar-refractivity contribution in [2.75, 3.05) is 106 Å². The molecule has 2 aromatic heterocycles. The van der Waals surface area contributed by atoms with Gasteiger partial charge >= 0.3 is 12.1 Å². The van der Waals surface area contributed by atoms with Gasteiger partial charge in [0.15, 0.2) is 11.6 Å². The molecule has 436 valence electrons. The molecular formula is C62H72N16O6. The number of benzene rings is 4. The summed E-state index contributed by atoms with van der Waals surface area (Å²) in [5.74, 6) is 3.69. The third-order valence-corrected chi connectivity index (χ3v) is 18.7. The number of aromatic nitrogens is 6. The lowest BCUT2D eigenvalue weighted by molar-refractivity contribution is 0.0884. The fourth-order valence-electron chi connectivity index (χ4n) is 14.4. The van der Waals surface area contributed by atoms with Crippen LogP contribution in [0, 0.1) is 0 Å². The van der Waals surface area contributed by atoms with Crippen LogP contribution in [0.15, 0.2) is 97.1 Å². The maximum absolute atomic E-state index is 15.4. The van der Waals surface area contributed by atoms with Crippen LogP contribution in [0.2, 0.25) is 0 Å². The van der Waals surface area contributed by atoms with E-state index in [2.05, 4.69) is 35.1 Å². The molecule has 22 nitrogen and oxygen atoms in total. The van der Waals surface area contributed by atoms with Crippen LogP contribution in [-0.2, 0) is 32.0 Å². The first-order chi connectivity index (χ1) is 41.3. The molecule has 8 unspecified atom stereocenters. The third kappa shape index (κ3) is 10.3. The first-order valence-corrected chi connectivity index (χ1v) is 30.3. The zero-order valence-electron chi connectivity index (χ0n) is 47.3. The maximum atomic E-state index is 15.4. The topological polar surface area (TPSA) is 221 Å². The second-order valence-electron chi connectivity index (χ2n) is 24.0. The van der Waals surface area contributed by atoms with Gasteiger partial charge < -0.3 is 54.9 Å². The molecule has 4 N–H and O–H groups in total. The number of rotatable bonds is 13. The van der Waals surface area contributed by atoms with Crippen molar-refractivity contribution < 1.29 is 28.5 Å². The number of hydrazine groups is 1. The quantitative estimate of drug-likeness (QED) is 0.0947. The Hall–Kier alpha value is -7.60. The molecule has 4 amide bonds. The van der Waals surface area contributed by atoms with E-state index >= 15 is 9.59 Å². The van der Waals surface area contributed by atoms with E-state index in [1.54, 1.807) is 12.1 Å². The number of hydrogen-bond donors (Lipinski definition) is 3. The molecule has 0 spiro atoms. The summed E-state index contributed by atoms with van der Waals surface area (Å²) in [4.78, 5) is 73.6. The van der Waals surface area contributed by atoms with Gasteiger partial charge in [-0.25, -0.2) is 9.59 Å². The molecule has 15 rings (SSSR count). The molecule has 0 radical (unpaired) electrons. The van der Waals surface area contributed by atoms with Gasteiger partial charge in [0.25, 0.3) is 0 Å². The van der Waals surface area contributed by atoms with E-state index in [1.165, 1.54) is 22.9 Å². The van der Waals surface area contributed by atoms with Crippen molar-refractivity contribution in [2.45, 2.75) is 126 Å². The lowest BCUT2D eigenvalue weighted by atomic mass is 10.1. The summed E-state index contributed by atoms with van der Waals surface area (Å²) in [6.45, 7) is 8.37. The summed E-state index contributed by atoms with van der Waals surface area (Å²) >= 11 is 0. The molecule has 6 aromatic rings. The minimum atomic E-state index is -0.592. The summed E-state index contributed by atoms with van der Waals surface area (Å²) in [7, 11) is 0. The largest absolute Gasteiger partial charge is 0.377 e. The summed E-state index contributed by atoms with van der Waals surface area (Å²) in [5, 5.41) is 9.02. The SMILES string of the molecule is NCc1ccc(N(C(=O)Nc2ccc(-c3nc(N4C5CCC4COC5)nc(N4C5CCC4COC5)n3)cc2)N(C(=O)Nc2ccc(CN3CCCC3)cc2)c2ccc(-c3nc(N4C5CCC4COC5)nc(N4C5CCC4COC5)n3)cc2)cc1. The van der Waals surface area contributed by atoms with Crippen molar-refractivity contribution in [2.24, 2.45) is 5.73 Å². The van der Waals surface area contributed by atoms with Crippen molar-refractivity contribution in [3.05, 3.63) is 108 Å². The van der Waals surface area contributed by atoms with Gasteiger partial charge in [-0.2, -0.15) is 39.9 Å². The third-order valence-electron chi connectivity index (χ3n) is 18.7. The zero-order chi connectivity index (χ0) is 56.3. The Balaban J connectivity index is 0.770. The molecule has 11 heterocycles. The Bertz CT molecular complexity index is 3200. The Kier molecular flexibility index (Phi) is 14.4. The fraction of sp³-hybridized carbons (Fsp3) is 0.484. The lowest BCUT2D eigenvalue weighted by Crippen LogP contribution is -2.54. The number of amides is 4. The number of likely N-dealkylation sites (tertiary alicyclic amines) is 1. The van der Waals surface area contributed by atoms with Gasteiger partial charge in [0.1, 0.15) is 0 Å². The molecule has 4 aromatic carbocycles. The van der Waals surface area contributed by atoms with Crippen LogP contribution in [-0.4, -0.2) is 161 Å². The van der Waals surface area contributed by atoms with Gasteiger partial charge in [0.2, 0.25) is 23.8 Å². The normalized spacial score (nSPS) is 26.0. The average molecular weight is 1140 g/mol. The molecular weight excluding hydrogens is 1060 g/mol. The molecule has 22 heteroatoms. The number of ether oxygens (including phenoxy) is 4.